The van der Waals surface area contributed by atoms with E-state index in [9.17, 15) is 4.79 Å². The van der Waals surface area contributed by atoms with Gasteiger partial charge in [0.2, 0.25) is 0 Å². The average Bonchev–Trinajstić information content (AvgIpc) is 2.41. The van der Waals surface area contributed by atoms with Gasteiger partial charge in [-0.25, -0.2) is 4.68 Å². The van der Waals surface area contributed by atoms with Crippen LogP contribution in [-0.4, -0.2) is 28.9 Å². The maximum atomic E-state index is 12.2. The molecule has 1 aliphatic rings. The predicted molar refractivity (Wildman–Crippen MR) is 89.9 cm³/mol. The summed E-state index contributed by atoms with van der Waals surface area (Å²) in [6.45, 7) is 10.3. The first-order valence-electron chi connectivity index (χ1n) is 7.57. The molecule has 2 rings (SSSR count). The molecule has 1 fully saturated rings. The highest BCUT2D eigenvalue weighted by Crippen LogP contribution is 2.30. The van der Waals surface area contributed by atoms with Gasteiger partial charge >= 0.3 is 0 Å². The smallest absolute Gasteiger partial charge is 0.283 e. The van der Waals surface area contributed by atoms with Crippen LogP contribution in [0.4, 0.5) is 5.69 Å². The van der Waals surface area contributed by atoms with Crippen LogP contribution in [0, 0.1) is 5.41 Å². The lowest BCUT2D eigenvalue weighted by molar-refractivity contribution is 0.188. The number of anilines is 1. The molecule has 21 heavy (non-hydrogen) atoms. The van der Waals surface area contributed by atoms with Gasteiger partial charge in [-0.3, -0.25) is 4.79 Å². The fraction of sp³-hybridized carbons (Fsp3) is 0.733. The standard InChI is InChI=1S/C15H25BrN4O/c1-10(2)20-14(21)13(16)11(8-19-20)18-9-12-15(3,4)6-5-7-17-12/h8,10,12,17-18H,5-7,9H2,1-4H3. The Kier molecular flexibility index (Phi) is 5.09. The quantitative estimate of drug-likeness (QED) is 0.870. The maximum absolute atomic E-state index is 12.2. The number of aromatic nitrogens is 2. The van der Waals surface area contributed by atoms with Crippen molar-refractivity contribution >= 4 is 21.6 Å². The van der Waals surface area contributed by atoms with Crippen molar-refractivity contribution in [2.45, 2.75) is 52.6 Å². The minimum atomic E-state index is -0.0918. The van der Waals surface area contributed by atoms with E-state index in [2.05, 4.69) is 45.5 Å². The monoisotopic (exact) mass is 356 g/mol. The number of nitrogens with one attached hydrogen (secondary N) is 2. The zero-order valence-corrected chi connectivity index (χ0v) is 14.8. The molecule has 1 aromatic heterocycles. The van der Waals surface area contributed by atoms with Crippen molar-refractivity contribution in [3.63, 3.8) is 0 Å². The van der Waals surface area contributed by atoms with Gasteiger partial charge in [-0.15, -0.1) is 0 Å². The molecular weight excluding hydrogens is 332 g/mol. The molecule has 2 N–H and O–H groups in total. The Hall–Kier alpha value is -0.880. The van der Waals surface area contributed by atoms with Crippen LogP contribution in [0.2, 0.25) is 0 Å². The van der Waals surface area contributed by atoms with Gasteiger partial charge < -0.3 is 10.6 Å². The fourth-order valence-corrected chi connectivity index (χ4v) is 3.19. The van der Waals surface area contributed by atoms with Crippen molar-refractivity contribution in [3.05, 3.63) is 21.0 Å². The number of halogens is 1. The molecule has 1 unspecified atom stereocenters. The van der Waals surface area contributed by atoms with Crippen LogP contribution in [0.25, 0.3) is 0 Å². The molecule has 0 radical (unpaired) electrons. The first-order chi connectivity index (χ1) is 9.83. The summed E-state index contributed by atoms with van der Waals surface area (Å²) in [5.74, 6) is 0. The predicted octanol–water partition coefficient (Wildman–Crippen LogP) is 2.78. The molecule has 0 spiro atoms. The Morgan fingerprint density at radius 3 is 2.90 bits per heavy atom. The van der Waals surface area contributed by atoms with Crippen LogP contribution in [-0.2, 0) is 0 Å². The highest BCUT2D eigenvalue weighted by Gasteiger charge is 2.31. The third-order valence-corrected chi connectivity index (χ3v) is 5.03. The molecule has 0 aromatic carbocycles. The largest absolute Gasteiger partial charge is 0.381 e. The molecule has 1 aromatic rings. The first-order valence-corrected chi connectivity index (χ1v) is 8.37. The number of hydrogen-bond donors (Lipinski definition) is 2. The van der Waals surface area contributed by atoms with Crippen LogP contribution in [0.3, 0.4) is 0 Å². The molecule has 0 saturated carbocycles. The van der Waals surface area contributed by atoms with Gasteiger partial charge in [0, 0.05) is 12.6 Å². The summed E-state index contributed by atoms with van der Waals surface area (Å²) in [6.07, 6.45) is 4.17. The summed E-state index contributed by atoms with van der Waals surface area (Å²) in [5.41, 5.74) is 0.934. The lowest BCUT2D eigenvalue weighted by Crippen LogP contribution is -2.50. The third kappa shape index (κ3) is 3.66. The molecule has 1 saturated heterocycles. The van der Waals surface area contributed by atoms with E-state index in [0.717, 1.165) is 18.8 Å². The average molecular weight is 357 g/mol. The van der Waals surface area contributed by atoms with Crippen molar-refractivity contribution in [3.8, 4) is 0 Å². The highest BCUT2D eigenvalue weighted by molar-refractivity contribution is 9.10. The molecule has 0 bridgehead atoms. The minimum absolute atomic E-state index is 0.0572. The number of piperidine rings is 1. The maximum Gasteiger partial charge on any atom is 0.283 e. The Balaban J connectivity index is 2.10. The Bertz CT molecular complexity index is 553. The third-order valence-electron chi connectivity index (χ3n) is 4.26. The second kappa shape index (κ2) is 6.48. The highest BCUT2D eigenvalue weighted by atomic mass is 79.9. The summed E-state index contributed by atoms with van der Waals surface area (Å²) >= 11 is 3.40. The second-order valence-corrected chi connectivity index (χ2v) is 7.49. The summed E-state index contributed by atoms with van der Waals surface area (Å²) < 4.78 is 2.04. The van der Waals surface area contributed by atoms with Crippen molar-refractivity contribution < 1.29 is 0 Å². The SMILES string of the molecule is CC(C)n1ncc(NCC2NCCCC2(C)C)c(Br)c1=O. The Morgan fingerprint density at radius 1 is 1.57 bits per heavy atom. The van der Waals surface area contributed by atoms with Gasteiger partial charge in [-0.1, -0.05) is 13.8 Å². The normalized spacial score (nSPS) is 21.5. The van der Waals surface area contributed by atoms with Crippen molar-refractivity contribution in [1.82, 2.24) is 15.1 Å². The zero-order valence-electron chi connectivity index (χ0n) is 13.2. The van der Waals surface area contributed by atoms with Crippen LogP contribution < -0.4 is 16.2 Å². The van der Waals surface area contributed by atoms with Crippen molar-refractivity contribution in [1.29, 1.82) is 0 Å². The van der Waals surface area contributed by atoms with Gasteiger partial charge in [0.15, 0.2) is 0 Å². The lowest BCUT2D eigenvalue weighted by Gasteiger charge is -2.39. The van der Waals surface area contributed by atoms with E-state index in [-0.39, 0.29) is 17.0 Å². The molecule has 1 atom stereocenters. The van der Waals surface area contributed by atoms with E-state index in [1.54, 1.807) is 6.20 Å². The number of hydrogen-bond acceptors (Lipinski definition) is 4. The Labute approximate surface area is 134 Å². The summed E-state index contributed by atoms with van der Waals surface area (Å²) in [4.78, 5) is 12.2. The molecule has 0 aliphatic carbocycles. The van der Waals surface area contributed by atoms with Crippen molar-refractivity contribution in [2.24, 2.45) is 5.41 Å². The fourth-order valence-electron chi connectivity index (χ4n) is 2.77. The molecule has 1 aliphatic heterocycles. The van der Waals surface area contributed by atoms with E-state index >= 15 is 0 Å². The summed E-state index contributed by atoms with van der Waals surface area (Å²) in [5, 5.41) is 11.2. The van der Waals surface area contributed by atoms with Crippen LogP contribution in [0.5, 0.6) is 0 Å². The molecule has 0 amide bonds. The molecule has 6 heteroatoms. The topological polar surface area (TPSA) is 59.0 Å². The van der Waals surface area contributed by atoms with E-state index in [0.29, 0.717) is 10.5 Å². The zero-order chi connectivity index (χ0) is 15.6. The van der Waals surface area contributed by atoms with Gasteiger partial charge in [-0.05, 0) is 54.6 Å². The lowest BCUT2D eigenvalue weighted by atomic mass is 9.77. The first kappa shape index (κ1) is 16.5. The number of nitrogens with zero attached hydrogens (tertiary/aromatic N) is 2. The van der Waals surface area contributed by atoms with Gasteiger partial charge in [0.25, 0.3) is 5.56 Å². The summed E-state index contributed by atoms with van der Waals surface area (Å²) in [7, 11) is 0. The van der Waals surface area contributed by atoms with E-state index in [4.69, 9.17) is 0 Å². The van der Waals surface area contributed by atoms with Crippen molar-refractivity contribution in [2.75, 3.05) is 18.4 Å². The molecular formula is C15H25BrN4O. The van der Waals surface area contributed by atoms with E-state index in [1.807, 2.05) is 13.8 Å². The van der Waals surface area contributed by atoms with Gasteiger partial charge in [0.1, 0.15) is 4.47 Å². The minimum Gasteiger partial charge on any atom is -0.381 e. The van der Waals surface area contributed by atoms with Crippen LogP contribution >= 0.6 is 15.9 Å². The Morgan fingerprint density at radius 2 is 2.29 bits per heavy atom. The second-order valence-electron chi connectivity index (χ2n) is 6.70. The van der Waals surface area contributed by atoms with Crippen LogP contribution in [0.15, 0.2) is 15.5 Å². The van der Waals surface area contributed by atoms with E-state index in [1.165, 1.54) is 17.5 Å². The number of rotatable bonds is 4. The van der Waals surface area contributed by atoms with E-state index < -0.39 is 0 Å². The molecule has 118 valence electrons. The van der Waals surface area contributed by atoms with Gasteiger partial charge in [-0.2, -0.15) is 5.10 Å². The van der Waals surface area contributed by atoms with Gasteiger partial charge in [0.05, 0.1) is 17.9 Å². The summed E-state index contributed by atoms with van der Waals surface area (Å²) in [6, 6.07) is 0.451. The molecule has 5 nitrogen and oxygen atoms in total. The molecule has 2 heterocycles. The van der Waals surface area contributed by atoms with Crippen LogP contribution in [0.1, 0.15) is 46.6 Å².